The molecule has 1 aromatic rings. The van der Waals surface area contributed by atoms with Crippen LogP contribution >= 0.6 is 11.3 Å². The van der Waals surface area contributed by atoms with Crippen molar-refractivity contribution in [2.75, 3.05) is 6.54 Å². The second kappa shape index (κ2) is 5.96. The van der Waals surface area contributed by atoms with Crippen LogP contribution < -0.4 is 10.6 Å². The van der Waals surface area contributed by atoms with E-state index in [1.54, 1.807) is 11.3 Å². The fourth-order valence-corrected chi connectivity index (χ4v) is 2.17. The van der Waals surface area contributed by atoms with E-state index in [2.05, 4.69) is 22.5 Å². The molecule has 0 saturated heterocycles. The topological polar surface area (TPSA) is 54.0 Å². The number of amides is 1. The second-order valence-corrected chi connectivity index (χ2v) is 5.36. The van der Waals surface area contributed by atoms with E-state index in [1.807, 2.05) is 20.8 Å². The quantitative estimate of drug-likeness (QED) is 0.818. The van der Waals surface area contributed by atoms with E-state index >= 15 is 0 Å². The Balaban J connectivity index is 2.28. The molecule has 0 aromatic carbocycles. The molecule has 1 amide bonds. The number of hydrogen-bond acceptors (Lipinski definition) is 4. The smallest absolute Gasteiger partial charge is 0.234 e. The minimum atomic E-state index is 0.0278. The van der Waals surface area contributed by atoms with Gasteiger partial charge >= 0.3 is 0 Å². The van der Waals surface area contributed by atoms with Crippen molar-refractivity contribution in [3.8, 4) is 0 Å². The number of nitrogens with one attached hydrogen (secondary N) is 2. The van der Waals surface area contributed by atoms with Crippen molar-refractivity contribution in [1.82, 2.24) is 15.6 Å². The summed E-state index contributed by atoms with van der Waals surface area (Å²) in [6.07, 6.45) is 0. The first kappa shape index (κ1) is 13.1. The summed E-state index contributed by atoms with van der Waals surface area (Å²) in [6.45, 7) is 8.96. The molecule has 2 N–H and O–H groups in total. The number of rotatable bonds is 5. The van der Waals surface area contributed by atoms with Crippen molar-refractivity contribution < 1.29 is 4.79 Å². The van der Waals surface area contributed by atoms with Crippen LogP contribution in [-0.2, 0) is 11.3 Å². The molecule has 1 heterocycles. The number of aromatic nitrogens is 1. The third-order valence-corrected chi connectivity index (χ3v) is 3.16. The van der Waals surface area contributed by atoms with Gasteiger partial charge in [-0.25, -0.2) is 4.98 Å². The first-order chi connectivity index (χ1) is 7.49. The molecule has 90 valence electrons. The third kappa shape index (κ3) is 4.28. The van der Waals surface area contributed by atoms with Gasteiger partial charge in [-0.05, 0) is 27.7 Å². The van der Waals surface area contributed by atoms with Crippen molar-refractivity contribution in [1.29, 1.82) is 0 Å². The molecule has 0 aliphatic heterocycles. The van der Waals surface area contributed by atoms with E-state index in [1.165, 1.54) is 4.88 Å². The minimum absolute atomic E-state index is 0.0278. The monoisotopic (exact) mass is 241 g/mol. The lowest BCUT2D eigenvalue weighted by atomic mass is 10.4. The highest BCUT2D eigenvalue weighted by Crippen LogP contribution is 2.15. The van der Waals surface area contributed by atoms with Crippen molar-refractivity contribution in [3.05, 3.63) is 15.6 Å². The minimum Gasteiger partial charge on any atom is -0.353 e. The maximum Gasteiger partial charge on any atom is 0.234 e. The van der Waals surface area contributed by atoms with Crippen LogP contribution in [0, 0.1) is 13.8 Å². The fourth-order valence-electron chi connectivity index (χ4n) is 1.27. The Bertz CT molecular complexity index is 341. The zero-order valence-corrected chi connectivity index (χ0v) is 11.1. The van der Waals surface area contributed by atoms with E-state index in [4.69, 9.17) is 0 Å². The van der Waals surface area contributed by atoms with Crippen LogP contribution in [-0.4, -0.2) is 23.5 Å². The lowest BCUT2D eigenvalue weighted by Gasteiger charge is -2.08. The van der Waals surface area contributed by atoms with Gasteiger partial charge in [-0.15, -0.1) is 11.3 Å². The molecule has 0 aliphatic rings. The lowest BCUT2D eigenvalue weighted by Crippen LogP contribution is -2.37. The zero-order valence-electron chi connectivity index (χ0n) is 10.3. The molecule has 0 fully saturated rings. The Morgan fingerprint density at radius 2 is 2.12 bits per heavy atom. The number of carbonyl (C=O) groups is 1. The Morgan fingerprint density at radius 1 is 1.44 bits per heavy atom. The van der Waals surface area contributed by atoms with Gasteiger partial charge in [0.05, 0.1) is 12.2 Å². The molecule has 0 spiro atoms. The molecule has 0 radical (unpaired) electrons. The van der Waals surface area contributed by atoms with Gasteiger partial charge in [-0.1, -0.05) is 0 Å². The summed E-state index contributed by atoms with van der Waals surface area (Å²) in [5, 5.41) is 6.94. The van der Waals surface area contributed by atoms with E-state index < -0.39 is 0 Å². The van der Waals surface area contributed by atoms with Gasteiger partial charge in [0.15, 0.2) is 0 Å². The molecule has 1 rings (SSSR count). The van der Waals surface area contributed by atoms with Crippen molar-refractivity contribution >= 4 is 17.2 Å². The molecule has 0 saturated carbocycles. The van der Waals surface area contributed by atoms with Gasteiger partial charge in [0.2, 0.25) is 5.91 Å². The summed E-state index contributed by atoms with van der Waals surface area (Å²) in [5.74, 6) is 0.0278. The molecule has 1 aromatic heterocycles. The van der Waals surface area contributed by atoms with Gasteiger partial charge in [-0.2, -0.15) is 0 Å². The highest BCUT2D eigenvalue weighted by atomic mass is 32.1. The van der Waals surface area contributed by atoms with Crippen LogP contribution in [0.3, 0.4) is 0 Å². The van der Waals surface area contributed by atoms with Gasteiger partial charge in [0, 0.05) is 17.5 Å². The molecule has 0 bridgehead atoms. The van der Waals surface area contributed by atoms with Crippen molar-refractivity contribution in [2.45, 2.75) is 40.3 Å². The summed E-state index contributed by atoms with van der Waals surface area (Å²) in [6, 6.07) is 0.193. The highest BCUT2D eigenvalue weighted by Gasteiger charge is 2.05. The standard InChI is InChI=1S/C11H19N3OS/c1-7(2)13-10(15)5-12-6-11-14-8(3)9(4)16-11/h7,12H,5-6H2,1-4H3,(H,13,15). The van der Waals surface area contributed by atoms with Crippen LogP contribution in [0.25, 0.3) is 0 Å². The summed E-state index contributed by atoms with van der Waals surface area (Å²) < 4.78 is 0. The maximum absolute atomic E-state index is 11.3. The molecule has 5 heteroatoms. The SMILES string of the molecule is Cc1nc(CNCC(=O)NC(C)C)sc1C. The average Bonchev–Trinajstić information content (AvgIpc) is 2.44. The van der Waals surface area contributed by atoms with E-state index in [9.17, 15) is 4.79 Å². The first-order valence-electron chi connectivity index (χ1n) is 5.42. The molecule has 0 aliphatic carbocycles. The number of nitrogens with zero attached hydrogens (tertiary/aromatic N) is 1. The predicted octanol–water partition coefficient (Wildman–Crippen LogP) is 1.37. The largest absolute Gasteiger partial charge is 0.353 e. The maximum atomic E-state index is 11.3. The molecule has 16 heavy (non-hydrogen) atoms. The Labute approximate surface area is 100 Å². The second-order valence-electron chi connectivity index (χ2n) is 4.07. The van der Waals surface area contributed by atoms with Crippen LogP contribution in [0.2, 0.25) is 0 Å². The number of aryl methyl sites for hydroxylation is 2. The van der Waals surface area contributed by atoms with Gasteiger partial charge < -0.3 is 10.6 Å². The molecular formula is C11H19N3OS. The van der Waals surface area contributed by atoms with Crippen LogP contribution in [0.1, 0.15) is 29.4 Å². The normalized spacial score (nSPS) is 10.8. The summed E-state index contributed by atoms with van der Waals surface area (Å²) in [5.41, 5.74) is 1.08. The van der Waals surface area contributed by atoms with Gasteiger partial charge in [0.25, 0.3) is 0 Å². The first-order valence-corrected chi connectivity index (χ1v) is 6.23. The number of thiazole rings is 1. The molecule has 0 unspecified atom stereocenters. The zero-order chi connectivity index (χ0) is 12.1. The van der Waals surface area contributed by atoms with Crippen molar-refractivity contribution in [2.24, 2.45) is 0 Å². The number of carbonyl (C=O) groups excluding carboxylic acids is 1. The van der Waals surface area contributed by atoms with E-state index in [0.29, 0.717) is 13.1 Å². The number of hydrogen-bond donors (Lipinski definition) is 2. The Kier molecular flexibility index (Phi) is 4.89. The van der Waals surface area contributed by atoms with Crippen LogP contribution in [0.15, 0.2) is 0 Å². The lowest BCUT2D eigenvalue weighted by molar-refractivity contribution is -0.120. The van der Waals surface area contributed by atoms with Crippen molar-refractivity contribution in [3.63, 3.8) is 0 Å². The Morgan fingerprint density at radius 3 is 2.62 bits per heavy atom. The average molecular weight is 241 g/mol. The van der Waals surface area contributed by atoms with Gasteiger partial charge in [0.1, 0.15) is 5.01 Å². The van der Waals surface area contributed by atoms with E-state index in [-0.39, 0.29) is 11.9 Å². The molecule has 0 atom stereocenters. The highest BCUT2D eigenvalue weighted by molar-refractivity contribution is 7.11. The van der Waals surface area contributed by atoms with Crippen LogP contribution in [0.4, 0.5) is 0 Å². The summed E-state index contributed by atoms with van der Waals surface area (Å²) in [7, 11) is 0. The summed E-state index contributed by atoms with van der Waals surface area (Å²) >= 11 is 1.67. The summed E-state index contributed by atoms with van der Waals surface area (Å²) in [4.78, 5) is 17.0. The Hall–Kier alpha value is -0.940. The molecule has 4 nitrogen and oxygen atoms in total. The van der Waals surface area contributed by atoms with Crippen LogP contribution in [0.5, 0.6) is 0 Å². The molecular weight excluding hydrogens is 222 g/mol. The van der Waals surface area contributed by atoms with E-state index in [0.717, 1.165) is 10.7 Å². The van der Waals surface area contributed by atoms with Gasteiger partial charge in [-0.3, -0.25) is 4.79 Å². The predicted molar refractivity (Wildman–Crippen MR) is 66.6 cm³/mol. The third-order valence-electron chi connectivity index (χ3n) is 2.08. The fraction of sp³-hybridized carbons (Fsp3) is 0.636.